The first kappa shape index (κ1) is 13.4. The first-order chi connectivity index (χ1) is 7.82. The molecule has 2 atom stereocenters. The smallest absolute Gasteiger partial charge is 0.306 e. The van der Waals surface area contributed by atoms with Crippen LogP contribution < -0.4 is 5.73 Å². The van der Waals surface area contributed by atoms with Crippen molar-refractivity contribution in [1.82, 2.24) is 4.98 Å². The molecule has 0 aliphatic carbocycles. The van der Waals surface area contributed by atoms with Gasteiger partial charge >= 0.3 is 5.97 Å². The normalized spacial score (nSPS) is 14.4. The van der Waals surface area contributed by atoms with Crippen LogP contribution in [0.5, 0.6) is 0 Å². The van der Waals surface area contributed by atoms with Crippen LogP contribution in [0.2, 0.25) is 0 Å². The van der Waals surface area contributed by atoms with Gasteiger partial charge in [0.25, 0.3) is 0 Å². The Bertz CT molecular complexity index is 410. The number of rotatable bonds is 4. The molecule has 0 aromatic carbocycles. The van der Waals surface area contributed by atoms with E-state index in [-0.39, 0.29) is 0 Å². The second kappa shape index (κ2) is 5.11. The van der Waals surface area contributed by atoms with Crippen LogP contribution in [0.4, 0.5) is 5.82 Å². The third kappa shape index (κ3) is 3.15. The van der Waals surface area contributed by atoms with Gasteiger partial charge in [-0.3, -0.25) is 4.79 Å². The maximum Gasteiger partial charge on any atom is 0.306 e. The third-order valence-corrected chi connectivity index (χ3v) is 2.52. The van der Waals surface area contributed by atoms with Crippen LogP contribution in [0.1, 0.15) is 29.3 Å². The molecule has 6 nitrogen and oxygen atoms in total. The minimum atomic E-state index is -1.37. The van der Waals surface area contributed by atoms with E-state index >= 15 is 0 Å². The molecule has 0 bridgehead atoms. The molecule has 1 heterocycles. The summed E-state index contributed by atoms with van der Waals surface area (Å²) in [6, 6.07) is 1.57. The van der Waals surface area contributed by atoms with Crippen LogP contribution >= 0.6 is 0 Å². The zero-order valence-corrected chi connectivity index (χ0v) is 9.71. The molecule has 0 aliphatic rings. The fourth-order valence-electron chi connectivity index (χ4n) is 1.80. The Hall–Kier alpha value is -1.66. The number of nitrogens with zero attached hydrogens (tertiary/aromatic N) is 1. The number of carboxylic acid groups (broad SMARTS) is 1. The minimum Gasteiger partial charge on any atom is -0.481 e. The van der Waals surface area contributed by atoms with Crippen LogP contribution in [0, 0.1) is 13.8 Å². The summed E-state index contributed by atoms with van der Waals surface area (Å²) >= 11 is 0. The SMILES string of the molecule is Cc1cc(N)nc(C)c1C(O)C(O)CC(=O)O. The maximum atomic E-state index is 10.5. The maximum absolute atomic E-state index is 10.5. The van der Waals surface area contributed by atoms with Gasteiger partial charge in [0.15, 0.2) is 0 Å². The summed E-state index contributed by atoms with van der Waals surface area (Å²) in [6.07, 6.45) is -3.17. The number of anilines is 1. The summed E-state index contributed by atoms with van der Waals surface area (Å²) in [5, 5.41) is 28.0. The number of aromatic nitrogens is 1. The van der Waals surface area contributed by atoms with Crippen LogP contribution in [0.3, 0.4) is 0 Å². The topological polar surface area (TPSA) is 117 Å². The number of nitrogen functional groups attached to an aromatic ring is 1. The van der Waals surface area contributed by atoms with Crippen LogP contribution in [0.25, 0.3) is 0 Å². The van der Waals surface area contributed by atoms with Crippen molar-refractivity contribution < 1.29 is 20.1 Å². The molecule has 0 saturated heterocycles. The van der Waals surface area contributed by atoms with Gasteiger partial charge in [-0.15, -0.1) is 0 Å². The summed E-state index contributed by atoms with van der Waals surface area (Å²) in [6.45, 7) is 3.37. The first-order valence-electron chi connectivity index (χ1n) is 5.14. The van der Waals surface area contributed by atoms with Gasteiger partial charge in [0.1, 0.15) is 11.9 Å². The second-order valence-electron chi connectivity index (χ2n) is 3.97. The number of aliphatic carboxylic acids is 1. The van der Waals surface area contributed by atoms with Crippen molar-refractivity contribution in [2.24, 2.45) is 0 Å². The highest BCUT2D eigenvalue weighted by molar-refractivity contribution is 5.67. The van der Waals surface area contributed by atoms with Gasteiger partial charge in [-0.25, -0.2) is 4.98 Å². The number of aryl methyl sites for hydroxylation is 2. The number of aliphatic hydroxyl groups excluding tert-OH is 2. The Labute approximate surface area is 98.7 Å². The van der Waals surface area contributed by atoms with E-state index in [1.165, 1.54) is 0 Å². The number of aliphatic hydroxyl groups is 2. The van der Waals surface area contributed by atoms with Crippen molar-refractivity contribution >= 4 is 11.8 Å². The van der Waals surface area contributed by atoms with Crippen molar-refractivity contribution in [2.75, 3.05) is 5.73 Å². The van der Waals surface area contributed by atoms with E-state index in [9.17, 15) is 15.0 Å². The van der Waals surface area contributed by atoms with E-state index in [1.54, 1.807) is 19.9 Å². The number of carboxylic acids is 1. The number of carbonyl (C=O) groups is 1. The average molecular weight is 240 g/mol. The molecular weight excluding hydrogens is 224 g/mol. The fourth-order valence-corrected chi connectivity index (χ4v) is 1.80. The number of nitrogens with two attached hydrogens (primary N) is 1. The van der Waals surface area contributed by atoms with Gasteiger partial charge < -0.3 is 21.1 Å². The highest BCUT2D eigenvalue weighted by Gasteiger charge is 2.24. The molecule has 6 heteroatoms. The molecule has 0 spiro atoms. The van der Waals surface area contributed by atoms with Gasteiger partial charge in [0, 0.05) is 11.3 Å². The van der Waals surface area contributed by atoms with Crippen LogP contribution in [-0.2, 0) is 4.79 Å². The first-order valence-corrected chi connectivity index (χ1v) is 5.14. The molecule has 1 rings (SSSR count). The van der Waals surface area contributed by atoms with E-state index in [4.69, 9.17) is 10.8 Å². The summed E-state index contributed by atoms with van der Waals surface area (Å²) in [5.74, 6) is -0.848. The van der Waals surface area contributed by atoms with E-state index in [0.29, 0.717) is 22.6 Å². The quantitative estimate of drug-likeness (QED) is 0.595. The fraction of sp³-hybridized carbons (Fsp3) is 0.455. The largest absolute Gasteiger partial charge is 0.481 e. The van der Waals surface area contributed by atoms with Gasteiger partial charge in [-0.2, -0.15) is 0 Å². The zero-order valence-electron chi connectivity index (χ0n) is 9.71. The lowest BCUT2D eigenvalue weighted by molar-refractivity contribution is -0.141. The number of hydrogen-bond donors (Lipinski definition) is 4. The van der Waals surface area contributed by atoms with Crippen LogP contribution in [0.15, 0.2) is 6.07 Å². The predicted molar refractivity (Wildman–Crippen MR) is 61.3 cm³/mol. The lowest BCUT2D eigenvalue weighted by Crippen LogP contribution is -2.23. The molecule has 2 unspecified atom stereocenters. The molecule has 0 radical (unpaired) electrons. The Kier molecular flexibility index (Phi) is 4.03. The zero-order chi connectivity index (χ0) is 13.2. The summed E-state index contributed by atoms with van der Waals surface area (Å²) in [7, 11) is 0. The Balaban J connectivity index is 3.03. The Morgan fingerprint density at radius 1 is 1.47 bits per heavy atom. The van der Waals surface area contributed by atoms with Gasteiger partial charge in [0.05, 0.1) is 12.5 Å². The van der Waals surface area contributed by atoms with Crippen molar-refractivity contribution in [2.45, 2.75) is 32.5 Å². The minimum absolute atomic E-state index is 0.323. The molecule has 0 aliphatic heterocycles. The lowest BCUT2D eigenvalue weighted by atomic mass is 9.97. The molecule has 0 saturated carbocycles. The van der Waals surface area contributed by atoms with Crippen molar-refractivity contribution in [3.8, 4) is 0 Å². The standard InChI is InChI=1S/C11H16N2O4/c1-5-3-8(12)13-6(2)10(5)11(17)7(14)4-9(15)16/h3,7,11,14,17H,4H2,1-2H3,(H2,12,13)(H,15,16). The van der Waals surface area contributed by atoms with Gasteiger partial charge in [-0.1, -0.05) is 0 Å². The molecule has 1 aromatic rings. The lowest BCUT2D eigenvalue weighted by Gasteiger charge is -2.20. The molecule has 0 fully saturated rings. The van der Waals surface area contributed by atoms with Gasteiger partial charge in [0.2, 0.25) is 0 Å². The molecule has 17 heavy (non-hydrogen) atoms. The van der Waals surface area contributed by atoms with Crippen molar-refractivity contribution in [3.05, 3.63) is 22.9 Å². The highest BCUT2D eigenvalue weighted by atomic mass is 16.4. The second-order valence-corrected chi connectivity index (χ2v) is 3.97. The highest BCUT2D eigenvalue weighted by Crippen LogP contribution is 2.26. The van der Waals surface area contributed by atoms with E-state index in [1.807, 2.05) is 0 Å². The predicted octanol–water partition coefficient (Wildman–Crippen LogP) is 0.150. The third-order valence-electron chi connectivity index (χ3n) is 2.52. The Morgan fingerprint density at radius 3 is 2.53 bits per heavy atom. The Morgan fingerprint density at radius 2 is 2.06 bits per heavy atom. The molecule has 5 N–H and O–H groups in total. The molecular formula is C11H16N2O4. The van der Waals surface area contributed by atoms with E-state index < -0.39 is 24.6 Å². The monoisotopic (exact) mass is 240 g/mol. The van der Waals surface area contributed by atoms with E-state index in [2.05, 4.69) is 4.98 Å². The van der Waals surface area contributed by atoms with E-state index in [0.717, 1.165) is 0 Å². The molecule has 0 amide bonds. The van der Waals surface area contributed by atoms with Crippen molar-refractivity contribution in [3.63, 3.8) is 0 Å². The van der Waals surface area contributed by atoms with Crippen LogP contribution in [-0.4, -0.2) is 32.4 Å². The molecule has 1 aromatic heterocycles. The summed E-state index contributed by atoms with van der Waals surface area (Å²) in [4.78, 5) is 14.4. The average Bonchev–Trinajstić information content (AvgIpc) is 2.14. The summed E-state index contributed by atoms with van der Waals surface area (Å²) in [5.41, 5.74) is 7.12. The van der Waals surface area contributed by atoms with Crippen molar-refractivity contribution in [1.29, 1.82) is 0 Å². The summed E-state index contributed by atoms with van der Waals surface area (Å²) < 4.78 is 0. The molecule has 94 valence electrons. The number of hydrogen-bond acceptors (Lipinski definition) is 5. The van der Waals surface area contributed by atoms with Gasteiger partial charge in [-0.05, 0) is 25.5 Å². The number of pyridine rings is 1.